The lowest BCUT2D eigenvalue weighted by Gasteiger charge is -2.34. The zero-order valence-electron chi connectivity index (χ0n) is 16.8. The second kappa shape index (κ2) is 9.01. The number of carbonyl (C=O) groups excluding carboxylic acids is 1. The minimum absolute atomic E-state index is 0.132. The third kappa shape index (κ3) is 5.18. The van der Waals surface area contributed by atoms with Crippen LogP contribution in [0.3, 0.4) is 0 Å². The van der Waals surface area contributed by atoms with Gasteiger partial charge in [0.1, 0.15) is 0 Å². The van der Waals surface area contributed by atoms with Crippen molar-refractivity contribution in [3.63, 3.8) is 0 Å². The van der Waals surface area contributed by atoms with Crippen molar-refractivity contribution < 1.29 is 21.6 Å². The van der Waals surface area contributed by atoms with Gasteiger partial charge in [-0.05, 0) is 49.9 Å². The molecule has 0 aromatic heterocycles. The monoisotopic (exact) mass is 454 g/mol. The summed E-state index contributed by atoms with van der Waals surface area (Å²) in [6.07, 6.45) is 3.40. The Hall–Kier alpha value is -2.00. The molecule has 2 aliphatic heterocycles. The van der Waals surface area contributed by atoms with Gasteiger partial charge in [0.15, 0.2) is 0 Å². The molecule has 1 aromatic rings. The average molecular weight is 455 g/mol. The molecule has 2 fully saturated rings. The maximum Gasteiger partial charge on any atom is 0.243 e. The summed E-state index contributed by atoms with van der Waals surface area (Å²) < 4.78 is 51.8. The van der Waals surface area contributed by atoms with Gasteiger partial charge in [-0.15, -0.1) is 0 Å². The predicted molar refractivity (Wildman–Crippen MR) is 110 cm³/mol. The SMILES string of the molecule is CS(=O)(=O)N1CCCC(NC(=O)C2CCN(S(=O)(=O)c3ccc(C#N)cc3)CC2)C1. The predicted octanol–water partition coefficient (Wildman–Crippen LogP) is 0.499. The highest BCUT2D eigenvalue weighted by Gasteiger charge is 2.34. The van der Waals surface area contributed by atoms with Crippen LogP contribution in [0.25, 0.3) is 0 Å². The molecule has 164 valence electrons. The van der Waals surface area contributed by atoms with Crippen molar-refractivity contribution in [2.45, 2.75) is 36.6 Å². The summed E-state index contributed by atoms with van der Waals surface area (Å²) in [5.41, 5.74) is 0.390. The second-order valence-corrected chi connectivity index (χ2v) is 11.7. The van der Waals surface area contributed by atoms with Gasteiger partial charge in [-0.25, -0.2) is 21.1 Å². The van der Waals surface area contributed by atoms with Crippen molar-refractivity contribution in [3.05, 3.63) is 29.8 Å². The standard InChI is InChI=1S/C19H26N4O5S2/c1-29(25,26)23-10-2-3-17(14-23)21-19(24)16-8-11-22(12-9-16)30(27,28)18-6-4-15(13-20)5-7-18/h4-7,16-17H,2-3,8-12,14H2,1H3,(H,21,24). The number of piperidine rings is 2. The molecule has 9 nitrogen and oxygen atoms in total. The smallest absolute Gasteiger partial charge is 0.243 e. The molecule has 1 aromatic carbocycles. The van der Waals surface area contributed by atoms with Crippen LogP contribution in [0, 0.1) is 17.2 Å². The van der Waals surface area contributed by atoms with E-state index < -0.39 is 20.0 Å². The number of nitrogens with zero attached hydrogens (tertiary/aromatic N) is 3. The molecule has 1 atom stereocenters. The lowest BCUT2D eigenvalue weighted by Crippen LogP contribution is -2.51. The van der Waals surface area contributed by atoms with Crippen molar-refractivity contribution in [1.29, 1.82) is 5.26 Å². The first-order valence-corrected chi connectivity index (χ1v) is 13.2. The van der Waals surface area contributed by atoms with E-state index in [0.717, 1.165) is 6.42 Å². The molecule has 2 heterocycles. The van der Waals surface area contributed by atoms with Crippen molar-refractivity contribution in [2.75, 3.05) is 32.4 Å². The van der Waals surface area contributed by atoms with Gasteiger partial charge < -0.3 is 5.32 Å². The summed E-state index contributed by atoms with van der Waals surface area (Å²) in [7, 11) is -6.95. The van der Waals surface area contributed by atoms with E-state index in [4.69, 9.17) is 5.26 Å². The molecule has 30 heavy (non-hydrogen) atoms. The fraction of sp³-hybridized carbons (Fsp3) is 0.579. The Morgan fingerprint density at radius 3 is 2.23 bits per heavy atom. The number of hydrogen-bond donors (Lipinski definition) is 1. The fourth-order valence-corrected chi connectivity index (χ4v) is 6.27. The van der Waals surface area contributed by atoms with Gasteiger partial charge in [0.05, 0.1) is 22.8 Å². The van der Waals surface area contributed by atoms with Crippen LogP contribution >= 0.6 is 0 Å². The molecule has 1 N–H and O–H groups in total. The number of carbonyl (C=O) groups is 1. The molecule has 0 radical (unpaired) electrons. The molecular weight excluding hydrogens is 428 g/mol. The van der Waals surface area contributed by atoms with Crippen molar-refractivity contribution >= 4 is 26.0 Å². The fourth-order valence-electron chi connectivity index (χ4n) is 3.89. The van der Waals surface area contributed by atoms with Crippen LogP contribution in [0.1, 0.15) is 31.2 Å². The van der Waals surface area contributed by atoms with Gasteiger partial charge in [0.2, 0.25) is 26.0 Å². The second-order valence-electron chi connectivity index (χ2n) is 7.78. The number of nitrogens with one attached hydrogen (secondary N) is 1. The molecule has 1 unspecified atom stereocenters. The maximum atomic E-state index is 12.8. The summed E-state index contributed by atoms with van der Waals surface area (Å²) in [4.78, 5) is 12.8. The largest absolute Gasteiger partial charge is 0.352 e. The molecule has 11 heteroatoms. The molecule has 0 spiro atoms. The Kier molecular flexibility index (Phi) is 6.81. The number of amides is 1. The number of hydrogen-bond acceptors (Lipinski definition) is 6. The molecule has 3 rings (SSSR count). The first-order chi connectivity index (χ1) is 14.1. The van der Waals surface area contributed by atoms with E-state index >= 15 is 0 Å². The zero-order chi connectivity index (χ0) is 21.9. The Bertz CT molecular complexity index is 1020. The molecule has 0 aliphatic carbocycles. The van der Waals surface area contributed by atoms with E-state index in [1.165, 1.54) is 39.1 Å². The molecule has 2 saturated heterocycles. The number of sulfonamides is 2. The molecular formula is C19H26N4O5S2. The first kappa shape index (κ1) is 22.7. The van der Waals surface area contributed by atoms with Gasteiger partial charge in [-0.3, -0.25) is 4.79 Å². The third-order valence-corrected chi connectivity index (χ3v) is 8.83. The Morgan fingerprint density at radius 2 is 1.67 bits per heavy atom. The summed E-state index contributed by atoms with van der Waals surface area (Å²) in [6.45, 7) is 1.22. The van der Waals surface area contributed by atoms with E-state index in [-0.39, 0.29) is 42.4 Å². The maximum absolute atomic E-state index is 12.8. The van der Waals surface area contributed by atoms with Crippen LogP contribution in [0.2, 0.25) is 0 Å². The van der Waals surface area contributed by atoms with Crippen molar-refractivity contribution in [3.8, 4) is 6.07 Å². The van der Waals surface area contributed by atoms with Crippen molar-refractivity contribution in [2.24, 2.45) is 5.92 Å². The highest BCUT2D eigenvalue weighted by atomic mass is 32.2. The normalized spacial score (nSPS) is 22.3. The minimum atomic E-state index is -3.67. The van der Waals surface area contributed by atoms with E-state index in [0.29, 0.717) is 31.4 Å². The van der Waals surface area contributed by atoms with E-state index in [1.807, 2.05) is 6.07 Å². The summed E-state index contributed by atoms with van der Waals surface area (Å²) in [5.74, 6) is -0.447. The van der Waals surface area contributed by atoms with E-state index in [1.54, 1.807) is 0 Å². The zero-order valence-corrected chi connectivity index (χ0v) is 18.5. The lowest BCUT2D eigenvalue weighted by atomic mass is 9.96. The van der Waals surface area contributed by atoms with Gasteiger partial charge in [-0.2, -0.15) is 9.57 Å². The summed E-state index contributed by atoms with van der Waals surface area (Å²) in [5, 5.41) is 11.8. The number of benzene rings is 1. The van der Waals surface area contributed by atoms with Crippen LogP contribution in [-0.2, 0) is 24.8 Å². The van der Waals surface area contributed by atoms with Crippen molar-refractivity contribution in [1.82, 2.24) is 13.9 Å². The lowest BCUT2D eigenvalue weighted by molar-refractivity contribution is -0.127. The van der Waals surface area contributed by atoms with Gasteiger partial charge in [0, 0.05) is 38.1 Å². The molecule has 1 amide bonds. The highest BCUT2D eigenvalue weighted by molar-refractivity contribution is 7.89. The number of rotatable bonds is 5. The van der Waals surface area contributed by atoms with Gasteiger partial charge in [-0.1, -0.05) is 0 Å². The Balaban J connectivity index is 1.55. The molecule has 0 saturated carbocycles. The van der Waals surface area contributed by atoms with Crippen LogP contribution in [-0.4, -0.2) is 69.8 Å². The average Bonchev–Trinajstić information content (AvgIpc) is 2.73. The number of nitriles is 1. The quantitative estimate of drug-likeness (QED) is 0.690. The summed E-state index contributed by atoms with van der Waals surface area (Å²) in [6, 6.07) is 7.52. The Morgan fingerprint density at radius 1 is 1.03 bits per heavy atom. The van der Waals surface area contributed by atoms with E-state index in [2.05, 4.69) is 5.32 Å². The van der Waals surface area contributed by atoms with E-state index in [9.17, 15) is 21.6 Å². The van der Waals surface area contributed by atoms with Crippen LogP contribution in [0.4, 0.5) is 0 Å². The van der Waals surface area contributed by atoms with Crippen LogP contribution in [0.5, 0.6) is 0 Å². The third-order valence-electron chi connectivity index (χ3n) is 5.65. The molecule has 2 aliphatic rings. The van der Waals surface area contributed by atoms with Crippen LogP contribution in [0.15, 0.2) is 29.2 Å². The first-order valence-electron chi connectivity index (χ1n) is 9.87. The highest BCUT2D eigenvalue weighted by Crippen LogP contribution is 2.25. The van der Waals surface area contributed by atoms with Crippen LogP contribution < -0.4 is 5.32 Å². The summed E-state index contributed by atoms with van der Waals surface area (Å²) >= 11 is 0. The Labute approximate surface area is 177 Å². The minimum Gasteiger partial charge on any atom is -0.352 e. The topological polar surface area (TPSA) is 128 Å². The van der Waals surface area contributed by atoms with Gasteiger partial charge >= 0.3 is 0 Å². The van der Waals surface area contributed by atoms with Gasteiger partial charge in [0.25, 0.3) is 0 Å². The molecule has 0 bridgehead atoms.